The topological polar surface area (TPSA) is 97.6 Å². The number of aromatic nitrogens is 2. The van der Waals surface area contributed by atoms with Crippen molar-refractivity contribution in [2.24, 2.45) is 0 Å². The van der Waals surface area contributed by atoms with Gasteiger partial charge in [0.2, 0.25) is 11.6 Å². The first kappa shape index (κ1) is 19.4. The van der Waals surface area contributed by atoms with Crippen LogP contribution < -0.4 is 14.2 Å². The second kappa shape index (κ2) is 9.04. The van der Waals surface area contributed by atoms with Crippen LogP contribution in [-0.2, 0) is 11.2 Å². The Bertz CT molecular complexity index is 881. The monoisotopic (exact) mass is 382 g/mol. The zero-order chi connectivity index (χ0) is 19.9. The molecule has 0 aliphatic carbocycles. The van der Waals surface area contributed by atoms with Crippen molar-refractivity contribution in [1.29, 1.82) is 5.26 Å². The van der Waals surface area contributed by atoms with Gasteiger partial charge < -0.3 is 19.1 Å². The molecule has 1 saturated heterocycles. The van der Waals surface area contributed by atoms with Crippen molar-refractivity contribution in [2.45, 2.75) is 25.4 Å². The van der Waals surface area contributed by atoms with E-state index in [-0.39, 0.29) is 30.0 Å². The Morgan fingerprint density at radius 2 is 2.04 bits per heavy atom. The minimum absolute atomic E-state index is 0.0140. The number of carbonyl (C=O) groups is 1. The average Bonchev–Trinajstić information content (AvgIpc) is 2.74. The minimum atomic E-state index is -0.216. The summed E-state index contributed by atoms with van der Waals surface area (Å²) in [5.74, 6) is 1.45. The minimum Gasteiger partial charge on any atom is -0.493 e. The van der Waals surface area contributed by atoms with E-state index >= 15 is 0 Å². The van der Waals surface area contributed by atoms with Crippen molar-refractivity contribution in [3.8, 4) is 23.4 Å². The molecule has 1 amide bonds. The fourth-order valence-corrected chi connectivity index (χ4v) is 3.18. The molecule has 0 spiro atoms. The third-order valence-corrected chi connectivity index (χ3v) is 4.58. The summed E-state index contributed by atoms with van der Waals surface area (Å²) in [5, 5.41) is 9.12. The number of hydrogen-bond acceptors (Lipinski definition) is 7. The molecule has 8 nitrogen and oxygen atoms in total. The molecular formula is C20H22N4O4. The van der Waals surface area contributed by atoms with Gasteiger partial charge >= 0.3 is 0 Å². The number of amides is 1. The van der Waals surface area contributed by atoms with Gasteiger partial charge in [0.05, 0.1) is 27.2 Å². The number of piperidine rings is 1. The van der Waals surface area contributed by atoms with Gasteiger partial charge in [-0.3, -0.25) is 4.79 Å². The largest absolute Gasteiger partial charge is 0.493 e. The number of carbonyl (C=O) groups excluding carboxylic acids is 1. The summed E-state index contributed by atoms with van der Waals surface area (Å²) in [5.41, 5.74) is 1.00. The van der Waals surface area contributed by atoms with Crippen LogP contribution in [0.5, 0.6) is 17.4 Å². The predicted octanol–water partition coefficient (Wildman–Crippen LogP) is 1.98. The molecule has 2 aromatic rings. The maximum Gasteiger partial charge on any atom is 0.251 e. The van der Waals surface area contributed by atoms with Crippen molar-refractivity contribution in [3.05, 3.63) is 41.9 Å². The molecule has 8 heteroatoms. The number of nitrogens with zero attached hydrogens (tertiary/aromatic N) is 4. The summed E-state index contributed by atoms with van der Waals surface area (Å²) < 4.78 is 16.4. The van der Waals surface area contributed by atoms with Gasteiger partial charge in [0, 0.05) is 18.9 Å². The molecular weight excluding hydrogens is 360 g/mol. The van der Waals surface area contributed by atoms with Gasteiger partial charge in [-0.25, -0.2) is 9.97 Å². The van der Waals surface area contributed by atoms with Gasteiger partial charge in [-0.2, -0.15) is 5.26 Å². The number of rotatable bonds is 6. The van der Waals surface area contributed by atoms with Crippen LogP contribution in [0.2, 0.25) is 0 Å². The first-order valence-electron chi connectivity index (χ1n) is 9.01. The molecule has 0 saturated carbocycles. The summed E-state index contributed by atoms with van der Waals surface area (Å²) in [7, 11) is 3.14. The highest BCUT2D eigenvalue weighted by Gasteiger charge is 2.26. The molecule has 1 aliphatic heterocycles. The average molecular weight is 382 g/mol. The van der Waals surface area contributed by atoms with Crippen LogP contribution in [0.4, 0.5) is 0 Å². The second-order valence-corrected chi connectivity index (χ2v) is 6.41. The first-order chi connectivity index (χ1) is 13.6. The maximum absolute atomic E-state index is 12.8. The second-order valence-electron chi connectivity index (χ2n) is 6.41. The van der Waals surface area contributed by atoms with E-state index in [1.165, 1.54) is 12.4 Å². The van der Waals surface area contributed by atoms with Crippen LogP contribution >= 0.6 is 0 Å². The number of likely N-dealkylation sites (tertiary alicyclic amines) is 1. The van der Waals surface area contributed by atoms with E-state index in [1.807, 2.05) is 18.2 Å². The van der Waals surface area contributed by atoms with E-state index in [0.29, 0.717) is 24.6 Å². The van der Waals surface area contributed by atoms with Crippen molar-refractivity contribution in [1.82, 2.24) is 14.9 Å². The van der Waals surface area contributed by atoms with Crippen LogP contribution in [0, 0.1) is 11.3 Å². The van der Waals surface area contributed by atoms with Crippen molar-refractivity contribution in [2.75, 3.05) is 27.3 Å². The molecule has 0 bridgehead atoms. The van der Waals surface area contributed by atoms with E-state index in [2.05, 4.69) is 9.97 Å². The smallest absolute Gasteiger partial charge is 0.251 e. The van der Waals surface area contributed by atoms with Crippen LogP contribution in [-0.4, -0.2) is 54.2 Å². The zero-order valence-electron chi connectivity index (χ0n) is 15.9. The fourth-order valence-electron chi connectivity index (χ4n) is 3.18. The number of benzene rings is 1. The lowest BCUT2D eigenvalue weighted by Gasteiger charge is -2.32. The maximum atomic E-state index is 12.8. The van der Waals surface area contributed by atoms with Gasteiger partial charge in [-0.05, 0) is 30.5 Å². The number of methoxy groups -OCH3 is 2. The van der Waals surface area contributed by atoms with E-state index in [1.54, 1.807) is 25.2 Å². The lowest BCUT2D eigenvalue weighted by atomic mass is 10.1. The number of hydrogen-bond donors (Lipinski definition) is 0. The summed E-state index contributed by atoms with van der Waals surface area (Å²) in [6.07, 6.45) is 4.60. The first-order valence-corrected chi connectivity index (χ1v) is 9.01. The van der Waals surface area contributed by atoms with Gasteiger partial charge in [-0.1, -0.05) is 6.07 Å². The molecule has 2 heterocycles. The molecule has 1 aromatic carbocycles. The molecule has 1 unspecified atom stereocenters. The molecule has 3 rings (SSSR count). The highest BCUT2D eigenvalue weighted by molar-refractivity contribution is 5.79. The summed E-state index contributed by atoms with van der Waals surface area (Å²) >= 11 is 0. The fraction of sp³-hybridized carbons (Fsp3) is 0.400. The Morgan fingerprint density at radius 3 is 2.79 bits per heavy atom. The lowest BCUT2D eigenvalue weighted by molar-refractivity contribution is -0.133. The zero-order valence-corrected chi connectivity index (χ0v) is 15.9. The van der Waals surface area contributed by atoms with Crippen molar-refractivity contribution >= 4 is 5.91 Å². The molecule has 1 aliphatic rings. The molecule has 1 fully saturated rings. The Kier molecular flexibility index (Phi) is 6.27. The van der Waals surface area contributed by atoms with Crippen LogP contribution in [0.3, 0.4) is 0 Å². The van der Waals surface area contributed by atoms with E-state index in [9.17, 15) is 4.79 Å². The Labute approximate surface area is 163 Å². The quantitative estimate of drug-likeness (QED) is 0.753. The Balaban J connectivity index is 1.64. The van der Waals surface area contributed by atoms with Crippen LogP contribution in [0.1, 0.15) is 24.1 Å². The lowest BCUT2D eigenvalue weighted by Crippen LogP contribution is -2.45. The number of nitriles is 1. The van der Waals surface area contributed by atoms with E-state index in [0.717, 1.165) is 18.4 Å². The Morgan fingerprint density at radius 1 is 1.25 bits per heavy atom. The molecule has 0 N–H and O–H groups in total. The Hall–Kier alpha value is -3.34. The van der Waals surface area contributed by atoms with Crippen molar-refractivity contribution < 1.29 is 19.0 Å². The van der Waals surface area contributed by atoms with E-state index < -0.39 is 0 Å². The highest BCUT2D eigenvalue weighted by Crippen LogP contribution is 2.28. The summed E-state index contributed by atoms with van der Waals surface area (Å²) in [6, 6.07) is 7.43. The molecule has 0 radical (unpaired) electrons. The molecule has 28 heavy (non-hydrogen) atoms. The van der Waals surface area contributed by atoms with Gasteiger partial charge in [0.1, 0.15) is 12.2 Å². The van der Waals surface area contributed by atoms with E-state index in [4.69, 9.17) is 19.5 Å². The highest BCUT2D eigenvalue weighted by atomic mass is 16.5. The van der Waals surface area contributed by atoms with Crippen LogP contribution in [0.15, 0.2) is 30.6 Å². The SMILES string of the molecule is COc1ccc(CC(=O)N2CCCC(Oc3nccnc3C#N)C2)cc1OC. The molecule has 1 atom stereocenters. The third-order valence-electron chi connectivity index (χ3n) is 4.58. The summed E-state index contributed by atoms with van der Waals surface area (Å²) in [4.78, 5) is 22.6. The van der Waals surface area contributed by atoms with Gasteiger partial charge in [0.15, 0.2) is 11.5 Å². The van der Waals surface area contributed by atoms with Gasteiger partial charge in [-0.15, -0.1) is 0 Å². The van der Waals surface area contributed by atoms with Crippen LogP contribution in [0.25, 0.3) is 0 Å². The standard InChI is InChI=1S/C20H22N4O4/c1-26-17-6-5-14(10-18(17)27-2)11-19(25)24-9-3-4-15(13-24)28-20-16(12-21)22-7-8-23-20/h5-8,10,15H,3-4,9,11,13H2,1-2H3. The number of ether oxygens (including phenoxy) is 3. The van der Waals surface area contributed by atoms with Crippen molar-refractivity contribution in [3.63, 3.8) is 0 Å². The third kappa shape index (κ3) is 4.49. The normalized spacial score (nSPS) is 16.2. The molecule has 146 valence electrons. The molecule has 1 aromatic heterocycles. The van der Waals surface area contributed by atoms with Gasteiger partial charge in [0.25, 0.3) is 5.88 Å². The summed E-state index contributed by atoms with van der Waals surface area (Å²) in [6.45, 7) is 1.13. The predicted molar refractivity (Wildman–Crippen MR) is 100 cm³/mol.